The summed E-state index contributed by atoms with van der Waals surface area (Å²) in [6.07, 6.45) is 6.84. The Morgan fingerprint density at radius 3 is 2.24 bits per heavy atom. The van der Waals surface area contributed by atoms with E-state index in [-0.39, 0.29) is 12.2 Å². The van der Waals surface area contributed by atoms with Crippen molar-refractivity contribution in [3.8, 4) is 6.07 Å². The van der Waals surface area contributed by atoms with Crippen LogP contribution < -0.4 is 0 Å². The quantitative estimate of drug-likeness (QED) is 0.283. The molecule has 0 atom stereocenters. The van der Waals surface area contributed by atoms with E-state index in [0.29, 0.717) is 11.5 Å². The highest BCUT2D eigenvalue weighted by Crippen LogP contribution is 2.37. The standard InChI is InChI=1S/C27H29F4NO/c1-2-3-4-5-19-6-10-22(11-7-19)23-12-8-20(9-13-23)18-33-27(30,31)16-21-14-25(28)24(17-32)26(29)15-21/h2-3,8-9,12-15,19,22H,4-7,10-11,16,18H2,1H3. The van der Waals surface area contributed by atoms with Crippen molar-refractivity contribution in [3.05, 3.63) is 82.4 Å². The van der Waals surface area contributed by atoms with Gasteiger partial charge in [-0.2, -0.15) is 14.0 Å². The Morgan fingerprint density at radius 2 is 1.67 bits per heavy atom. The second-order valence-corrected chi connectivity index (χ2v) is 8.75. The van der Waals surface area contributed by atoms with Crippen molar-refractivity contribution in [1.82, 2.24) is 0 Å². The van der Waals surface area contributed by atoms with Crippen molar-refractivity contribution in [2.24, 2.45) is 5.92 Å². The number of nitrogens with zero attached hydrogens (tertiary/aromatic N) is 1. The van der Waals surface area contributed by atoms with Crippen LogP contribution in [0.15, 0.2) is 48.6 Å². The Kier molecular flexibility index (Phi) is 8.68. The smallest absolute Gasteiger partial charge is 0.315 e. The lowest BCUT2D eigenvalue weighted by atomic mass is 9.77. The zero-order valence-electron chi connectivity index (χ0n) is 18.8. The Bertz CT molecular complexity index is 963. The van der Waals surface area contributed by atoms with E-state index in [0.717, 1.165) is 37.3 Å². The average Bonchev–Trinajstić information content (AvgIpc) is 2.78. The number of rotatable bonds is 9. The monoisotopic (exact) mass is 459 g/mol. The molecule has 1 aliphatic rings. The molecular weight excluding hydrogens is 430 g/mol. The summed E-state index contributed by atoms with van der Waals surface area (Å²) in [6, 6.07) is 10.4. The molecule has 0 heterocycles. The number of hydrogen-bond acceptors (Lipinski definition) is 2. The number of halogens is 4. The number of nitriles is 1. The van der Waals surface area contributed by atoms with E-state index >= 15 is 0 Å². The predicted molar refractivity (Wildman–Crippen MR) is 120 cm³/mol. The molecule has 0 radical (unpaired) electrons. The summed E-state index contributed by atoms with van der Waals surface area (Å²) in [7, 11) is 0. The van der Waals surface area contributed by atoms with Gasteiger partial charge in [0, 0.05) is 0 Å². The minimum absolute atomic E-state index is 0.273. The fourth-order valence-corrected chi connectivity index (χ4v) is 4.48. The van der Waals surface area contributed by atoms with Crippen LogP contribution in [0.3, 0.4) is 0 Å². The Balaban J connectivity index is 1.50. The first-order valence-corrected chi connectivity index (χ1v) is 11.4. The maximum absolute atomic E-state index is 14.2. The van der Waals surface area contributed by atoms with Crippen molar-refractivity contribution in [2.75, 3.05) is 0 Å². The highest BCUT2D eigenvalue weighted by atomic mass is 19.3. The van der Waals surface area contributed by atoms with E-state index in [2.05, 4.69) is 12.2 Å². The molecule has 0 amide bonds. The van der Waals surface area contributed by atoms with Crippen molar-refractivity contribution in [1.29, 1.82) is 5.26 Å². The van der Waals surface area contributed by atoms with E-state index < -0.39 is 29.7 Å². The van der Waals surface area contributed by atoms with Crippen molar-refractivity contribution >= 4 is 0 Å². The molecule has 2 nitrogen and oxygen atoms in total. The van der Waals surface area contributed by atoms with Gasteiger partial charge in [0.15, 0.2) is 0 Å². The van der Waals surface area contributed by atoms with Gasteiger partial charge in [0.1, 0.15) is 23.3 Å². The lowest BCUT2D eigenvalue weighted by molar-refractivity contribution is -0.244. The van der Waals surface area contributed by atoms with Crippen LogP contribution in [-0.4, -0.2) is 6.11 Å². The van der Waals surface area contributed by atoms with E-state index in [1.165, 1.54) is 30.9 Å². The second-order valence-electron chi connectivity index (χ2n) is 8.75. The number of allylic oxidation sites excluding steroid dienone is 2. The van der Waals surface area contributed by atoms with Crippen molar-refractivity contribution < 1.29 is 22.3 Å². The van der Waals surface area contributed by atoms with Crippen molar-refractivity contribution in [3.63, 3.8) is 0 Å². The second kappa shape index (κ2) is 11.5. The summed E-state index contributed by atoms with van der Waals surface area (Å²) >= 11 is 0. The molecule has 2 aromatic rings. The van der Waals surface area contributed by atoms with Crippen LogP contribution in [0.25, 0.3) is 0 Å². The topological polar surface area (TPSA) is 33.0 Å². The average molecular weight is 460 g/mol. The van der Waals surface area contributed by atoms with Gasteiger partial charge in [-0.05, 0) is 86.1 Å². The first-order valence-electron chi connectivity index (χ1n) is 11.4. The Hall–Kier alpha value is -2.65. The summed E-state index contributed by atoms with van der Waals surface area (Å²) in [4.78, 5) is 0. The summed E-state index contributed by atoms with van der Waals surface area (Å²) in [5.41, 5.74) is 0.771. The third-order valence-corrected chi connectivity index (χ3v) is 6.35. The lowest BCUT2D eigenvalue weighted by Crippen LogP contribution is -2.24. The summed E-state index contributed by atoms with van der Waals surface area (Å²) < 4.78 is 60.5. The predicted octanol–water partition coefficient (Wildman–Crippen LogP) is 7.82. The third-order valence-electron chi connectivity index (χ3n) is 6.35. The summed E-state index contributed by atoms with van der Waals surface area (Å²) in [6.45, 7) is 1.73. The molecule has 0 aromatic heterocycles. The molecule has 6 heteroatoms. The Labute approximate surface area is 192 Å². The molecule has 0 bridgehead atoms. The van der Waals surface area contributed by atoms with E-state index in [1.54, 1.807) is 12.1 Å². The molecule has 176 valence electrons. The molecule has 3 rings (SSSR count). The molecule has 1 fully saturated rings. The largest absolute Gasteiger partial charge is 0.360 e. The summed E-state index contributed by atoms with van der Waals surface area (Å²) in [5.74, 6) is -1.04. The Morgan fingerprint density at radius 1 is 1.03 bits per heavy atom. The third kappa shape index (κ3) is 7.17. The molecule has 2 aromatic carbocycles. The molecule has 1 saturated carbocycles. The van der Waals surface area contributed by atoms with Crippen LogP contribution in [-0.2, 0) is 17.8 Å². The minimum Gasteiger partial charge on any atom is -0.315 e. The zero-order valence-corrected chi connectivity index (χ0v) is 18.8. The van der Waals surface area contributed by atoms with E-state index in [4.69, 9.17) is 10.00 Å². The molecule has 1 aliphatic carbocycles. The number of alkyl halides is 2. The zero-order chi connectivity index (χ0) is 23.8. The fraction of sp³-hybridized carbons (Fsp3) is 0.444. The van der Waals surface area contributed by atoms with E-state index in [9.17, 15) is 17.6 Å². The first-order chi connectivity index (χ1) is 15.8. The van der Waals surface area contributed by atoms with Crippen LogP contribution >= 0.6 is 0 Å². The van der Waals surface area contributed by atoms with Crippen LogP contribution in [0.2, 0.25) is 0 Å². The van der Waals surface area contributed by atoms with Crippen LogP contribution in [0, 0.1) is 28.9 Å². The van der Waals surface area contributed by atoms with Crippen LogP contribution in [0.4, 0.5) is 17.6 Å². The molecule has 0 aliphatic heterocycles. The lowest BCUT2D eigenvalue weighted by Gasteiger charge is -2.28. The molecule has 0 N–H and O–H groups in total. The first kappa shape index (κ1) is 25.0. The van der Waals surface area contributed by atoms with Gasteiger partial charge in [0.25, 0.3) is 0 Å². The van der Waals surface area contributed by atoms with Gasteiger partial charge in [0.05, 0.1) is 13.0 Å². The van der Waals surface area contributed by atoms with Gasteiger partial charge in [0.2, 0.25) is 0 Å². The van der Waals surface area contributed by atoms with Gasteiger partial charge in [-0.15, -0.1) is 0 Å². The normalized spacial score (nSPS) is 19.0. The van der Waals surface area contributed by atoms with Gasteiger partial charge in [-0.3, -0.25) is 0 Å². The van der Waals surface area contributed by atoms with Crippen LogP contribution in [0.1, 0.15) is 73.6 Å². The maximum atomic E-state index is 14.2. The highest BCUT2D eigenvalue weighted by Gasteiger charge is 2.31. The van der Waals surface area contributed by atoms with Gasteiger partial charge >= 0.3 is 6.11 Å². The highest BCUT2D eigenvalue weighted by molar-refractivity contribution is 5.35. The molecule has 0 unspecified atom stereocenters. The molecule has 0 saturated heterocycles. The van der Waals surface area contributed by atoms with E-state index in [1.807, 2.05) is 19.1 Å². The maximum Gasteiger partial charge on any atom is 0.360 e. The van der Waals surface area contributed by atoms with Gasteiger partial charge in [-0.1, -0.05) is 36.4 Å². The molecular formula is C27H29F4NO. The van der Waals surface area contributed by atoms with Gasteiger partial charge in [-0.25, -0.2) is 8.78 Å². The number of ether oxygens (including phenoxy) is 1. The molecule has 33 heavy (non-hydrogen) atoms. The van der Waals surface area contributed by atoms with Gasteiger partial charge < -0.3 is 4.74 Å². The molecule has 0 spiro atoms. The minimum atomic E-state index is -3.60. The number of hydrogen-bond donors (Lipinski definition) is 0. The SMILES string of the molecule is CC=CCCC1CCC(c2ccc(COC(F)(F)Cc3cc(F)c(C#N)c(F)c3)cc2)CC1. The van der Waals surface area contributed by atoms with Crippen LogP contribution in [0.5, 0.6) is 0 Å². The fourth-order valence-electron chi connectivity index (χ4n) is 4.48. The van der Waals surface area contributed by atoms with Crippen molar-refractivity contribution in [2.45, 2.75) is 70.5 Å². The number of benzene rings is 2. The summed E-state index contributed by atoms with van der Waals surface area (Å²) in [5, 5.41) is 8.68.